The Kier molecular flexibility index (Phi) is 3.43. The average Bonchev–Trinajstić information content (AvgIpc) is 2.91. The Morgan fingerprint density at radius 2 is 2.05 bits per heavy atom. The van der Waals surface area contributed by atoms with Crippen LogP contribution in [-0.4, -0.2) is 33.3 Å². The Labute approximate surface area is 124 Å². The van der Waals surface area contributed by atoms with Gasteiger partial charge in [-0.15, -0.1) is 0 Å². The fourth-order valence-corrected chi connectivity index (χ4v) is 3.37. The maximum Gasteiger partial charge on any atom is 0.249 e. The van der Waals surface area contributed by atoms with Crippen molar-refractivity contribution in [1.82, 2.24) is 15.2 Å². The van der Waals surface area contributed by atoms with E-state index in [1.807, 2.05) is 25.1 Å². The second-order valence-corrected chi connectivity index (χ2v) is 6.16. The van der Waals surface area contributed by atoms with Crippen molar-refractivity contribution in [3.8, 4) is 0 Å². The first-order valence-corrected chi connectivity index (χ1v) is 7.57. The molecule has 1 aromatic heterocycles. The van der Waals surface area contributed by atoms with Gasteiger partial charge in [0.05, 0.1) is 12.2 Å². The number of amides is 2. The van der Waals surface area contributed by atoms with Gasteiger partial charge in [0, 0.05) is 5.69 Å². The van der Waals surface area contributed by atoms with Crippen LogP contribution in [0.5, 0.6) is 0 Å². The molecule has 1 unspecified atom stereocenters. The fraction of sp³-hybridized carbons (Fsp3) is 0.562. The molecule has 1 spiro atoms. The Balaban J connectivity index is 1.88. The molecule has 1 saturated heterocycles. The average molecular weight is 287 g/mol. The normalized spacial score (nSPS) is 24.5. The van der Waals surface area contributed by atoms with Gasteiger partial charge >= 0.3 is 0 Å². The SMILES string of the molecule is Cc1cccc(CN2C(=O)C3(CCCC3)NC(=O)C2C)n1. The first kappa shape index (κ1) is 14.0. The molecule has 1 aromatic rings. The van der Waals surface area contributed by atoms with Crippen molar-refractivity contribution in [2.24, 2.45) is 0 Å². The lowest BCUT2D eigenvalue weighted by molar-refractivity contribution is -0.154. The van der Waals surface area contributed by atoms with Gasteiger partial charge in [-0.05, 0) is 38.8 Å². The van der Waals surface area contributed by atoms with E-state index < -0.39 is 11.6 Å². The summed E-state index contributed by atoms with van der Waals surface area (Å²) < 4.78 is 0. The highest BCUT2D eigenvalue weighted by atomic mass is 16.2. The highest BCUT2D eigenvalue weighted by Gasteiger charge is 2.50. The molecule has 3 rings (SSSR count). The molecule has 1 saturated carbocycles. The lowest BCUT2D eigenvalue weighted by Gasteiger charge is -2.43. The van der Waals surface area contributed by atoms with Crippen LogP contribution < -0.4 is 5.32 Å². The van der Waals surface area contributed by atoms with Gasteiger partial charge in [0.2, 0.25) is 11.8 Å². The van der Waals surface area contributed by atoms with Crippen molar-refractivity contribution in [2.75, 3.05) is 0 Å². The number of aromatic nitrogens is 1. The van der Waals surface area contributed by atoms with Gasteiger partial charge < -0.3 is 10.2 Å². The molecule has 0 aromatic carbocycles. The number of carbonyl (C=O) groups is 2. The summed E-state index contributed by atoms with van der Waals surface area (Å²) >= 11 is 0. The van der Waals surface area contributed by atoms with Crippen LogP contribution >= 0.6 is 0 Å². The molecule has 2 amide bonds. The molecule has 21 heavy (non-hydrogen) atoms. The predicted octanol–water partition coefficient (Wildman–Crippen LogP) is 1.55. The van der Waals surface area contributed by atoms with Gasteiger partial charge in [0.1, 0.15) is 11.6 Å². The molecular weight excluding hydrogens is 266 g/mol. The summed E-state index contributed by atoms with van der Waals surface area (Å²) in [4.78, 5) is 31.3. The van der Waals surface area contributed by atoms with Gasteiger partial charge in [0.15, 0.2) is 0 Å². The number of nitrogens with one attached hydrogen (secondary N) is 1. The van der Waals surface area contributed by atoms with E-state index in [1.54, 1.807) is 11.8 Å². The van der Waals surface area contributed by atoms with E-state index in [1.165, 1.54) is 0 Å². The summed E-state index contributed by atoms with van der Waals surface area (Å²) in [6.45, 7) is 4.11. The highest BCUT2D eigenvalue weighted by molar-refractivity contribution is 5.99. The Morgan fingerprint density at radius 1 is 1.33 bits per heavy atom. The van der Waals surface area contributed by atoms with E-state index in [-0.39, 0.29) is 11.8 Å². The van der Waals surface area contributed by atoms with Crippen LogP contribution in [0.4, 0.5) is 0 Å². The van der Waals surface area contributed by atoms with Gasteiger partial charge in [-0.3, -0.25) is 14.6 Å². The molecule has 5 nitrogen and oxygen atoms in total. The van der Waals surface area contributed by atoms with E-state index in [9.17, 15) is 9.59 Å². The van der Waals surface area contributed by atoms with Crippen molar-refractivity contribution in [2.45, 2.75) is 57.7 Å². The molecule has 2 fully saturated rings. The first-order valence-electron chi connectivity index (χ1n) is 7.57. The van der Waals surface area contributed by atoms with E-state index in [0.717, 1.165) is 37.1 Å². The second kappa shape index (κ2) is 5.13. The molecule has 0 radical (unpaired) electrons. The summed E-state index contributed by atoms with van der Waals surface area (Å²) in [5.74, 6) is -0.000408. The van der Waals surface area contributed by atoms with Crippen LogP contribution in [0.15, 0.2) is 18.2 Å². The highest BCUT2D eigenvalue weighted by Crippen LogP contribution is 2.35. The number of hydrogen-bond donors (Lipinski definition) is 1. The summed E-state index contributed by atoms with van der Waals surface area (Å²) in [5.41, 5.74) is 1.09. The fourth-order valence-electron chi connectivity index (χ4n) is 3.37. The maximum absolute atomic E-state index is 12.9. The third-order valence-electron chi connectivity index (χ3n) is 4.62. The molecule has 1 N–H and O–H groups in total. The monoisotopic (exact) mass is 287 g/mol. The van der Waals surface area contributed by atoms with Crippen molar-refractivity contribution in [3.05, 3.63) is 29.6 Å². The van der Waals surface area contributed by atoms with Gasteiger partial charge in [0.25, 0.3) is 0 Å². The predicted molar refractivity (Wildman–Crippen MR) is 78.3 cm³/mol. The second-order valence-electron chi connectivity index (χ2n) is 6.16. The Morgan fingerprint density at radius 3 is 2.71 bits per heavy atom. The number of aryl methyl sites for hydroxylation is 1. The number of nitrogens with zero attached hydrogens (tertiary/aromatic N) is 2. The third kappa shape index (κ3) is 2.41. The van der Waals surface area contributed by atoms with Crippen molar-refractivity contribution >= 4 is 11.8 Å². The number of pyridine rings is 1. The molecule has 1 aliphatic heterocycles. The topological polar surface area (TPSA) is 62.3 Å². The molecule has 5 heteroatoms. The molecular formula is C16H21N3O2. The molecule has 2 heterocycles. The largest absolute Gasteiger partial charge is 0.340 e. The first-order chi connectivity index (χ1) is 10.0. The standard InChI is InChI=1S/C16H21N3O2/c1-11-6-5-7-13(17-11)10-19-12(2)14(20)18-16(15(19)21)8-3-4-9-16/h5-7,12H,3-4,8-10H2,1-2H3,(H,18,20). The van der Waals surface area contributed by atoms with Gasteiger partial charge in [-0.25, -0.2) is 0 Å². The van der Waals surface area contributed by atoms with E-state index in [2.05, 4.69) is 10.3 Å². The molecule has 0 bridgehead atoms. The Bertz CT molecular complexity index is 579. The van der Waals surface area contributed by atoms with Crippen LogP contribution in [0.3, 0.4) is 0 Å². The number of piperazine rings is 1. The summed E-state index contributed by atoms with van der Waals surface area (Å²) in [6, 6.07) is 5.32. The van der Waals surface area contributed by atoms with Crippen molar-refractivity contribution in [3.63, 3.8) is 0 Å². The van der Waals surface area contributed by atoms with Gasteiger partial charge in [-0.2, -0.15) is 0 Å². The Hall–Kier alpha value is -1.91. The van der Waals surface area contributed by atoms with Crippen LogP contribution in [0.1, 0.15) is 44.0 Å². The van der Waals surface area contributed by atoms with Crippen LogP contribution in [0, 0.1) is 6.92 Å². The lowest BCUT2D eigenvalue weighted by Crippen LogP contribution is -2.68. The summed E-state index contributed by atoms with van der Waals surface area (Å²) in [7, 11) is 0. The van der Waals surface area contributed by atoms with Crippen LogP contribution in [0.25, 0.3) is 0 Å². The molecule has 112 valence electrons. The molecule has 2 aliphatic rings. The van der Waals surface area contributed by atoms with E-state index in [0.29, 0.717) is 6.54 Å². The zero-order valence-electron chi connectivity index (χ0n) is 12.6. The van der Waals surface area contributed by atoms with Gasteiger partial charge in [-0.1, -0.05) is 18.9 Å². The zero-order chi connectivity index (χ0) is 15.0. The van der Waals surface area contributed by atoms with E-state index >= 15 is 0 Å². The quantitative estimate of drug-likeness (QED) is 0.897. The van der Waals surface area contributed by atoms with Crippen LogP contribution in [-0.2, 0) is 16.1 Å². The summed E-state index contributed by atoms with van der Waals surface area (Å²) in [6.07, 6.45) is 3.50. The van der Waals surface area contributed by atoms with Crippen molar-refractivity contribution < 1.29 is 9.59 Å². The minimum Gasteiger partial charge on any atom is -0.340 e. The zero-order valence-corrected chi connectivity index (χ0v) is 12.6. The molecule has 1 atom stereocenters. The number of rotatable bonds is 2. The minimum absolute atomic E-state index is 0.0513. The number of hydrogen-bond acceptors (Lipinski definition) is 3. The number of carbonyl (C=O) groups excluding carboxylic acids is 2. The van der Waals surface area contributed by atoms with Crippen LogP contribution in [0.2, 0.25) is 0 Å². The van der Waals surface area contributed by atoms with E-state index in [4.69, 9.17) is 0 Å². The minimum atomic E-state index is -0.659. The summed E-state index contributed by atoms with van der Waals surface area (Å²) in [5, 5.41) is 2.97. The maximum atomic E-state index is 12.9. The smallest absolute Gasteiger partial charge is 0.249 e. The molecule has 1 aliphatic carbocycles. The van der Waals surface area contributed by atoms with Crippen molar-refractivity contribution in [1.29, 1.82) is 0 Å². The third-order valence-corrected chi connectivity index (χ3v) is 4.62. The lowest BCUT2D eigenvalue weighted by atomic mass is 9.91.